The zero-order valence-electron chi connectivity index (χ0n) is 8.70. The molecule has 0 atom stereocenters. The van der Waals surface area contributed by atoms with Gasteiger partial charge in [0, 0.05) is 12.2 Å². The molecule has 2 heterocycles. The Morgan fingerprint density at radius 2 is 2.07 bits per heavy atom. The molecule has 0 saturated carbocycles. The molecular weight excluding hydrogens is 176 g/mol. The van der Waals surface area contributed by atoms with Crippen molar-refractivity contribution in [1.29, 1.82) is 0 Å². The molecule has 0 aliphatic rings. The van der Waals surface area contributed by atoms with Gasteiger partial charge in [0.25, 0.3) is 0 Å². The molecule has 2 N–H and O–H groups in total. The van der Waals surface area contributed by atoms with Gasteiger partial charge in [0.2, 0.25) is 0 Å². The van der Waals surface area contributed by atoms with Gasteiger partial charge in [-0.2, -0.15) is 0 Å². The zero-order valence-corrected chi connectivity index (χ0v) is 8.70. The van der Waals surface area contributed by atoms with Gasteiger partial charge in [-0.1, -0.05) is 0 Å². The maximum absolute atomic E-state index is 5.83. The Kier molecular flexibility index (Phi) is 1.91. The molecule has 0 saturated heterocycles. The molecule has 0 unspecified atom stereocenters. The Hall–Kier alpha value is -1.58. The molecule has 2 aromatic heterocycles. The van der Waals surface area contributed by atoms with E-state index in [1.165, 1.54) is 17.6 Å². The van der Waals surface area contributed by atoms with Crippen LogP contribution >= 0.6 is 0 Å². The molecule has 2 rings (SSSR count). The van der Waals surface area contributed by atoms with Crippen LogP contribution in [0, 0.1) is 13.8 Å². The van der Waals surface area contributed by atoms with E-state index < -0.39 is 0 Å². The minimum atomic E-state index is 0.572. The SMILES string of the molecule is CCn1c(C)c(C)c2c(N)ncnc21. The smallest absolute Gasteiger partial charge is 0.145 e. The van der Waals surface area contributed by atoms with Gasteiger partial charge in [-0.3, -0.25) is 0 Å². The average molecular weight is 190 g/mol. The van der Waals surface area contributed by atoms with Crippen molar-refractivity contribution in [3.63, 3.8) is 0 Å². The summed E-state index contributed by atoms with van der Waals surface area (Å²) in [4.78, 5) is 8.28. The van der Waals surface area contributed by atoms with Crippen LogP contribution in [0.25, 0.3) is 11.0 Å². The highest BCUT2D eigenvalue weighted by Gasteiger charge is 2.13. The second-order valence-electron chi connectivity index (χ2n) is 3.41. The fourth-order valence-corrected chi connectivity index (χ4v) is 1.88. The lowest BCUT2D eigenvalue weighted by Gasteiger charge is -2.02. The highest BCUT2D eigenvalue weighted by atomic mass is 15.1. The quantitative estimate of drug-likeness (QED) is 0.743. The summed E-state index contributed by atoms with van der Waals surface area (Å²) in [6.07, 6.45) is 1.52. The second kappa shape index (κ2) is 2.97. The van der Waals surface area contributed by atoms with Crippen LogP contribution in [0.4, 0.5) is 5.82 Å². The molecule has 4 heteroatoms. The lowest BCUT2D eigenvalue weighted by Crippen LogP contribution is -1.98. The Morgan fingerprint density at radius 1 is 1.36 bits per heavy atom. The van der Waals surface area contributed by atoms with Gasteiger partial charge in [0.1, 0.15) is 17.8 Å². The normalized spacial score (nSPS) is 11.1. The number of aromatic nitrogens is 3. The molecular formula is C10H14N4. The number of nitrogens with zero attached hydrogens (tertiary/aromatic N) is 3. The number of hydrogen-bond donors (Lipinski definition) is 1. The van der Waals surface area contributed by atoms with E-state index in [2.05, 4.69) is 35.3 Å². The fraction of sp³-hybridized carbons (Fsp3) is 0.400. The van der Waals surface area contributed by atoms with Crippen molar-refractivity contribution in [3.05, 3.63) is 17.6 Å². The van der Waals surface area contributed by atoms with Crippen LogP contribution < -0.4 is 5.73 Å². The summed E-state index contributed by atoms with van der Waals surface area (Å²) in [7, 11) is 0. The zero-order chi connectivity index (χ0) is 10.3. The van der Waals surface area contributed by atoms with E-state index in [9.17, 15) is 0 Å². The summed E-state index contributed by atoms with van der Waals surface area (Å²) in [6.45, 7) is 7.15. The van der Waals surface area contributed by atoms with Crippen LogP contribution in [-0.4, -0.2) is 14.5 Å². The predicted molar refractivity (Wildman–Crippen MR) is 57.1 cm³/mol. The summed E-state index contributed by atoms with van der Waals surface area (Å²) in [5.41, 5.74) is 9.17. The topological polar surface area (TPSA) is 56.7 Å². The molecule has 0 fully saturated rings. The molecule has 0 aliphatic heterocycles. The van der Waals surface area contributed by atoms with Crippen molar-refractivity contribution in [2.75, 3.05) is 5.73 Å². The molecule has 0 spiro atoms. The summed E-state index contributed by atoms with van der Waals surface area (Å²) < 4.78 is 2.16. The van der Waals surface area contributed by atoms with Crippen LogP contribution in [0.2, 0.25) is 0 Å². The van der Waals surface area contributed by atoms with Gasteiger partial charge in [0.05, 0.1) is 5.39 Å². The van der Waals surface area contributed by atoms with Crippen molar-refractivity contribution < 1.29 is 0 Å². The summed E-state index contributed by atoms with van der Waals surface area (Å²) >= 11 is 0. The van der Waals surface area contributed by atoms with Crippen LogP contribution in [0.3, 0.4) is 0 Å². The van der Waals surface area contributed by atoms with E-state index in [0.29, 0.717) is 5.82 Å². The standard InChI is InChI=1S/C10H14N4/c1-4-14-7(3)6(2)8-9(11)12-5-13-10(8)14/h5H,4H2,1-3H3,(H2,11,12,13). The number of rotatable bonds is 1. The molecule has 0 radical (unpaired) electrons. The second-order valence-corrected chi connectivity index (χ2v) is 3.41. The Balaban J connectivity index is 2.95. The predicted octanol–water partition coefficient (Wildman–Crippen LogP) is 1.65. The van der Waals surface area contributed by atoms with Crippen molar-refractivity contribution >= 4 is 16.9 Å². The van der Waals surface area contributed by atoms with Gasteiger partial charge >= 0.3 is 0 Å². The van der Waals surface area contributed by atoms with Gasteiger partial charge in [0.15, 0.2) is 0 Å². The average Bonchev–Trinajstić information content (AvgIpc) is 2.41. The first-order valence-electron chi connectivity index (χ1n) is 4.72. The van der Waals surface area contributed by atoms with E-state index in [-0.39, 0.29) is 0 Å². The number of aryl methyl sites for hydroxylation is 2. The number of nitrogens with two attached hydrogens (primary N) is 1. The molecule has 74 valence electrons. The molecule has 4 nitrogen and oxygen atoms in total. The third kappa shape index (κ3) is 0.999. The van der Waals surface area contributed by atoms with Gasteiger partial charge < -0.3 is 10.3 Å². The van der Waals surface area contributed by atoms with E-state index in [1.807, 2.05) is 0 Å². The van der Waals surface area contributed by atoms with E-state index in [4.69, 9.17) is 5.73 Å². The van der Waals surface area contributed by atoms with Crippen molar-refractivity contribution in [3.8, 4) is 0 Å². The van der Waals surface area contributed by atoms with Gasteiger partial charge in [-0.25, -0.2) is 9.97 Å². The highest BCUT2D eigenvalue weighted by molar-refractivity contribution is 5.90. The maximum atomic E-state index is 5.83. The molecule has 0 bridgehead atoms. The number of anilines is 1. The molecule has 14 heavy (non-hydrogen) atoms. The first kappa shape index (κ1) is 8.99. The van der Waals surface area contributed by atoms with E-state index in [0.717, 1.165) is 17.6 Å². The Bertz CT molecular complexity index is 484. The minimum absolute atomic E-state index is 0.572. The van der Waals surface area contributed by atoms with Crippen molar-refractivity contribution in [1.82, 2.24) is 14.5 Å². The molecule has 0 aliphatic carbocycles. The lowest BCUT2D eigenvalue weighted by molar-refractivity contribution is 0.756. The Labute approximate surface area is 82.8 Å². The van der Waals surface area contributed by atoms with Crippen molar-refractivity contribution in [2.24, 2.45) is 0 Å². The molecule has 0 aromatic carbocycles. The first-order chi connectivity index (χ1) is 6.66. The maximum Gasteiger partial charge on any atom is 0.145 e. The van der Waals surface area contributed by atoms with Crippen LogP contribution in [0.15, 0.2) is 6.33 Å². The monoisotopic (exact) mass is 190 g/mol. The Morgan fingerprint density at radius 3 is 2.71 bits per heavy atom. The van der Waals surface area contributed by atoms with Gasteiger partial charge in [-0.15, -0.1) is 0 Å². The van der Waals surface area contributed by atoms with Crippen LogP contribution in [0.1, 0.15) is 18.2 Å². The van der Waals surface area contributed by atoms with Crippen LogP contribution in [0.5, 0.6) is 0 Å². The van der Waals surface area contributed by atoms with E-state index in [1.54, 1.807) is 0 Å². The summed E-state index contributed by atoms with van der Waals surface area (Å²) in [6, 6.07) is 0. The minimum Gasteiger partial charge on any atom is -0.383 e. The van der Waals surface area contributed by atoms with Crippen LogP contribution in [-0.2, 0) is 6.54 Å². The van der Waals surface area contributed by atoms with Crippen molar-refractivity contribution in [2.45, 2.75) is 27.3 Å². The molecule has 2 aromatic rings. The first-order valence-corrected chi connectivity index (χ1v) is 4.72. The number of nitrogen functional groups attached to an aromatic ring is 1. The van der Waals surface area contributed by atoms with Gasteiger partial charge in [-0.05, 0) is 26.3 Å². The third-order valence-corrected chi connectivity index (χ3v) is 2.75. The summed E-state index contributed by atoms with van der Waals surface area (Å²) in [5.74, 6) is 0.572. The largest absolute Gasteiger partial charge is 0.383 e. The number of hydrogen-bond acceptors (Lipinski definition) is 3. The van der Waals surface area contributed by atoms with E-state index >= 15 is 0 Å². The number of fused-ring (bicyclic) bond motifs is 1. The lowest BCUT2D eigenvalue weighted by atomic mass is 10.2. The highest BCUT2D eigenvalue weighted by Crippen LogP contribution is 2.26. The summed E-state index contributed by atoms with van der Waals surface area (Å²) in [5, 5.41) is 0.992. The molecule has 0 amide bonds. The fourth-order valence-electron chi connectivity index (χ4n) is 1.88. The third-order valence-electron chi connectivity index (χ3n) is 2.75.